The van der Waals surface area contributed by atoms with Gasteiger partial charge in [0.25, 0.3) is 5.69 Å². The van der Waals surface area contributed by atoms with E-state index in [-0.39, 0.29) is 23.2 Å². The molecule has 1 atom stereocenters. The van der Waals surface area contributed by atoms with Gasteiger partial charge in [0.05, 0.1) is 4.92 Å². The van der Waals surface area contributed by atoms with E-state index in [1.54, 1.807) is 24.3 Å². The van der Waals surface area contributed by atoms with E-state index in [9.17, 15) is 19.6 Å². The number of nitro benzene ring substituents is 1. The van der Waals surface area contributed by atoms with Crippen molar-refractivity contribution in [3.05, 3.63) is 64.0 Å². The van der Waals surface area contributed by atoms with Crippen LogP contribution in [-0.4, -0.2) is 16.1 Å². The summed E-state index contributed by atoms with van der Waals surface area (Å²) in [5.41, 5.74) is 0.965. The van der Waals surface area contributed by atoms with Crippen molar-refractivity contribution in [1.29, 1.82) is 0 Å². The molecule has 110 valence electrons. The predicted octanol–water partition coefficient (Wildman–Crippen LogP) is 3.48. The lowest BCUT2D eigenvalue weighted by Gasteiger charge is -2.15. The van der Waals surface area contributed by atoms with Gasteiger partial charge in [-0.2, -0.15) is 0 Å². The smallest absolute Gasteiger partial charge is 0.292 e. The normalized spacial score (nSPS) is 11.9. The first kappa shape index (κ1) is 14.8. The highest BCUT2D eigenvalue weighted by Crippen LogP contribution is 2.26. The van der Waals surface area contributed by atoms with Gasteiger partial charge in [0.1, 0.15) is 17.3 Å². The van der Waals surface area contributed by atoms with E-state index in [1.807, 2.05) is 6.92 Å². The molecule has 1 unspecified atom stereocenters. The van der Waals surface area contributed by atoms with Crippen molar-refractivity contribution in [2.24, 2.45) is 0 Å². The highest BCUT2D eigenvalue weighted by molar-refractivity contribution is 5.61. The molecule has 0 aliphatic heterocycles. The second-order valence-corrected chi connectivity index (χ2v) is 4.83. The number of phenols is 1. The summed E-state index contributed by atoms with van der Waals surface area (Å²) >= 11 is 0. The van der Waals surface area contributed by atoms with Crippen molar-refractivity contribution in [1.82, 2.24) is 0 Å². The van der Waals surface area contributed by atoms with Gasteiger partial charge in [-0.3, -0.25) is 10.1 Å². The number of phenolic OH excluding ortho intramolecular Hbond substituents is 1. The largest absolute Gasteiger partial charge is 0.508 e. The average molecular weight is 290 g/mol. The Kier molecular flexibility index (Phi) is 4.37. The van der Waals surface area contributed by atoms with Crippen LogP contribution in [0.25, 0.3) is 0 Å². The molecule has 2 aromatic rings. The number of halogens is 1. The minimum absolute atomic E-state index is 0.130. The molecular formula is C15H15FN2O3. The van der Waals surface area contributed by atoms with Crippen LogP contribution in [0, 0.1) is 15.9 Å². The fourth-order valence-electron chi connectivity index (χ4n) is 2.09. The van der Waals surface area contributed by atoms with Gasteiger partial charge in [-0.25, -0.2) is 4.39 Å². The zero-order valence-electron chi connectivity index (χ0n) is 11.4. The number of nitrogens with one attached hydrogen (secondary N) is 1. The molecule has 0 saturated heterocycles. The SMILES string of the molecule is CC(Cc1ccc(O)cc1)Nc1cc(F)ccc1[N+](=O)[O-]. The van der Waals surface area contributed by atoms with Crippen LogP contribution in [0.3, 0.4) is 0 Å². The van der Waals surface area contributed by atoms with Gasteiger partial charge >= 0.3 is 0 Å². The second-order valence-electron chi connectivity index (χ2n) is 4.83. The van der Waals surface area contributed by atoms with E-state index < -0.39 is 10.7 Å². The summed E-state index contributed by atoms with van der Waals surface area (Å²) in [5.74, 6) is -0.347. The summed E-state index contributed by atoms with van der Waals surface area (Å²) in [7, 11) is 0. The highest BCUT2D eigenvalue weighted by atomic mass is 19.1. The first-order chi connectivity index (χ1) is 9.95. The number of nitro groups is 1. The second kappa shape index (κ2) is 6.21. The molecule has 6 heteroatoms. The van der Waals surface area contributed by atoms with Gasteiger partial charge in [0.15, 0.2) is 0 Å². The molecule has 0 radical (unpaired) electrons. The van der Waals surface area contributed by atoms with Crippen LogP contribution in [0.2, 0.25) is 0 Å². The standard InChI is InChI=1S/C15H15FN2O3/c1-10(8-11-2-5-13(19)6-3-11)17-14-9-12(16)4-7-15(14)18(20)21/h2-7,9-10,17,19H,8H2,1H3. The topological polar surface area (TPSA) is 75.4 Å². The van der Waals surface area contributed by atoms with Crippen molar-refractivity contribution >= 4 is 11.4 Å². The Morgan fingerprint density at radius 2 is 1.95 bits per heavy atom. The quantitative estimate of drug-likeness (QED) is 0.653. The van der Waals surface area contributed by atoms with Crippen molar-refractivity contribution in [3.8, 4) is 5.75 Å². The van der Waals surface area contributed by atoms with Crippen LogP contribution in [-0.2, 0) is 6.42 Å². The van der Waals surface area contributed by atoms with Crippen molar-refractivity contribution in [2.45, 2.75) is 19.4 Å². The number of anilines is 1. The maximum absolute atomic E-state index is 13.2. The monoisotopic (exact) mass is 290 g/mol. The molecule has 0 spiro atoms. The molecule has 5 nitrogen and oxygen atoms in total. The Morgan fingerprint density at radius 3 is 2.57 bits per heavy atom. The fourth-order valence-corrected chi connectivity index (χ4v) is 2.09. The van der Waals surface area contributed by atoms with Crippen molar-refractivity contribution in [2.75, 3.05) is 5.32 Å². The van der Waals surface area contributed by atoms with Crippen molar-refractivity contribution < 1.29 is 14.4 Å². The van der Waals surface area contributed by atoms with Crippen molar-refractivity contribution in [3.63, 3.8) is 0 Å². The number of rotatable bonds is 5. The Balaban J connectivity index is 2.12. The first-order valence-electron chi connectivity index (χ1n) is 6.44. The summed E-state index contributed by atoms with van der Waals surface area (Å²) in [4.78, 5) is 10.4. The van der Waals surface area contributed by atoms with E-state index in [2.05, 4.69) is 5.32 Å². The molecular weight excluding hydrogens is 275 g/mol. The van der Waals surface area contributed by atoms with Crippen LogP contribution in [0.1, 0.15) is 12.5 Å². The maximum Gasteiger partial charge on any atom is 0.292 e. The number of benzene rings is 2. The minimum atomic E-state index is -0.547. The molecule has 0 aliphatic rings. The van der Waals surface area contributed by atoms with E-state index in [0.29, 0.717) is 6.42 Å². The summed E-state index contributed by atoms with van der Waals surface area (Å²) < 4.78 is 13.2. The van der Waals surface area contributed by atoms with Crippen LogP contribution < -0.4 is 5.32 Å². The maximum atomic E-state index is 13.2. The molecule has 0 aliphatic carbocycles. The van der Waals surface area contributed by atoms with E-state index in [0.717, 1.165) is 23.8 Å². The summed E-state index contributed by atoms with van der Waals surface area (Å²) in [6.07, 6.45) is 0.591. The average Bonchev–Trinajstić information content (AvgIpc) is 2.41. The first-order valence-corrected chi connectivity index (χ1v) is 6.44. The van der Waals surface area contributed by atoms with E-state index in [1.165, 1.54) is 0 Å². The van der Waals surface area contributed by atoms with Gasteiger partial charge < -0.3 is 10.4 Å². The molecule has 0 aromatic heterocycles. The van der Waals surface area contributed by atoms with Gasteiger partial charge in [0, 0.05) is 18.2 Å². The molecule has 2 N–H and O–H groups in total. The molecule has 21 heavy (non-hydrogen) atoms. The van der Waals surface area contributed by atoms with Crippen LogP contribution in [0.15, 0.2) is 42.5 Å². The molecule has 0 heterocycles. The molecule has 2 rings (SSSR count). The summed E-state index contributed by atoms with van der Waals surface area (Å²) in [5, 5.41) is 23.1. The lowest BCUT2D eigenvalue weighted by Crippen LogP contribution is -2.19. The zero-order chi connectivity index (χ0) is 15.4. The Bertz CT molecular complexity index is 644. The Hall–Kier alpha value is -2.63. The molecule has 0 saturated carbocycles. The van der Waals surface area contributed by atoms with Crippen LogP contribution in [0.5, 0.6) is 5.75 Å². The van der Waals surface area contributed by atoms with Crippen LogP contribution >= 0.6 is 0 Å². The van der Waals surface area contributed by atoms with E-state index >= 15 is 0 Å². The van der Waals surface area contributed by atoms with Gasteiger partial charge in [-0.15, -0.1) is 0 Å². The zero-order valence-corrected chi connectivity index (χ0v) is 11.4. The van der Waals surface area contributed by atoms with Gasteiger partial charge in [-0.05, 0) is 37.1 Å². The summed E-state index contributed by atoms with van der Waals surface area (Å²) in [6, 6.07) is 9.89. The van der Waals surface area contributed by atoms with Gasteiger partial charge in [-0.1, -0.05) is 12.1 Å². The highest BCUT2D eigenvalue weighted by Gasteiger charge is 2.16. The molecule has 0 bridgehead atoms. The number of aromatic hydroxyl groups is 1. The third-order valence-corrected chi connectivity index (χ3v) is 3.04. The fraction of sp³-hybridized carbons (Fsp3) is 0.200. The minimum Gasteiger partial charge on any atom is -0.508 e. The Labute approximate surface area is 121 Å². The summed E-state index contributed by atoms with van der Waals surface area (Å²) in [6.45, 7) is 1.85. The predicted molar refractivity (Wildman–Crippen MR) is 77.9 cm³/mol. The van der Waals surface area contributed by atoms with E-state index in [4.69, 9.17) is 0 Å². The van der Waals surface area contributed by atoms with Gasteiger partial charge in [0.2, 0.25) is 0 Å². The molecule has 2 aromatic carbocycles. The number of hydrogen-bond donors (Lipinski definition) is 2. The number of hydrogen-bond acceptors (Lipinski definition) is 4. The Morgan fingerprint density at radius 1 is 1.29 bits per heavy atom. The third-order valence-electron chi connectivity index (χ3n) is 3.04. The van der Waals surface area contributed by atoms with Crippen LogP contribution in [0.4, 0.5) is 15.8 Å². The lowest BCUT2D eigenvalue weighted by molar-refractivity contribution is -0.384. The number of nitrogens with zero attached hydrogens (tertiary/aromatic N) is 1. The molecule has 0 fully saturated rings. The third kappa shape index (κ3) is 3.92. The lowest BCUT2D eigenvalue weighted by atomic mass is 10.1. The molecule has 0 amide bonds.